The Morgan fingerprint density at radius 2 is 1.50 bits per heavy atom. The van der Waals surface area contributed by atoms with Crippen molar-refractivity contribution in [3.8, 4) is 34.8 Å². The van der Waals surface area contributed by atoms with E-state index in [0.29, 0.717) is 5.56 Å². The van der Waals surface area contributed by atoms with Gasteiger partial charge in [-0.05, 0) is 35.9 Å². The van der Waals surface area contributed by atoms with Gasteiger partial charge in [-0.2, -0.15) is 0 Å². The average molecular weight is 478 g/mol. The fourth-order valence-corrected chi connectivity index (χ4v) is 3.38. The smallest absolute Gasteiger partial charge is 0.187 e. The number of phenolic OH excluding ortho intramolecular Hbond substituents is 4. The van der Waals surface area contributed by atoms with E-state index >= 15 is 0 Å². The number of hydrogen-bond acceptors (Lipinski definition) is 11. The highest BCUT2D eigenvalue weighted by Crippen LogP contribution is 2.32. The number of aromatic hydroxyl groups is 4. The molecule has 2 aromatic rings. The van der Waals surface area contributed by atoms with Crippen molar-refractivity contribution in [3.63, 3.8) is 0 Å². The second kappa shape index (κ2) is 10.9. The summed E-state index contributed by atoms with van der Waals surface area (Å²) in [6.45, 7) is -0.673. The van der Waals surface area contributed by atoms with E-state index in [-0.39, 0.29) is 23.5 Å². The van der Waals surface area contributed by atoms with E-state index < -0.39 is 61.0 Å². The van der Waals surface area contributed by atoms with Crippen LogP contribution in [0.15, 0.2) is 36.4 Å². The summed E-state index contributed by atoms with van der Waals surface area (Å²) >= 11 is 0. The van der Waals surface area contributed by atoms with Crippen LogP contribution in [0.25, 0.3) is 0 Å². The van der Waals surface area contributed by atoms with Gasteiger partial charge in [0.25, 0.3) is 0 Å². The Morgan fingerprint density at radius 3 is 2.12 bits per heavy atom. The number of ether oxygens (including phenoxy) is 2. The number of hydrogen-bond donors (Lipinski definition) is 9. The molecule has 0 unspecified atom stereocenters. The summed E-state index contributed by atoms with van der Waals surface area (Å²) < 4.78 is 11.0. The molecular weight excluding hydrogens is 452 g/mol. The van der Waals surface area contributed by atoms with Crippen LogP contribution in [0.2, 0.25) is 0 Å². The average Bonchev–Trinajstić information content (AvgIpc) is 2.82. The molecule has 3 rings (SSSR count). The molecule has 1 saturated heterocycles. The van der Waals surface area contributed by atoms with E-state index in [9.17, 15) is 46.0 Å². The molecule has 1 aliphatic rings. The third kappa shape index (κ3) is 5.69. The van der Waals surface area contributed by atoms with Crippen molar-refractivity contribution < 1.29 is 55.4 Å². The van der Waals surface area contributed by atoms with Gasteiger partial charge in [-0.25, -0.2) is 0 Å². The SMILES string of the molecule is OC[C@H]1O[C@@H](O[C@@H](CC#Cc2ccc(O)c(O)c2)[C@H](O)c2ccc(O)c(O)c2)[C@H](O)[C@@H](O)[C@@H]1O. The summed E-state index contributed by atoms with van der Waals surface area (Å²) in [5.74, 6) is 3.86. The maximum absolute atomic E-state index is 10.9. The minimum absolute atomic E-state index is 0.133. The molecule has 1 heterocycles. The molecule has 184 valence electrons. The van der Waals surface area contributed by atoms with Crippen LogP contribution < -0.4 is 0 Å². The van der Waals surface area contributed by atoms with Gasteiger partial charge >= 0.3 is 0 Å². The predicted octanol–water partition coefficient (Wildman–Crippen LogP) is -0.831. The molecular formula is C23H26O11. The zero-order valence-electron chi connectivity index (χ0n) is 17.8. The summed E-state index contributed by atoms with van der Waals surface area (Å²) in [6.07, 6.45) is -10.7. The van der Waals surface area contributed by atoms with Gasteiger partial charge in [0.2, 0.25) is 0 Å². The summed E-state index contributed by atoms with van der Waals surface area (Å²) in [7, 11) is 0. The Labute approximate surface area is 194 Å². The Kier molecular flexibility index (Phi) is 8.19. The van der Waals surface area contributed by atoms with Crippen molar-refractivity contribution in [2.45, 2.75) is 49.3 Å². The van der Waals surface area contributed by atoms with Gasteiger partial charge in [-0.1, -0.05) is 17.9 Å². The Morgan fingerprint density at radius 1 is 0.853 bits per heavy atom. The second-order valence-corrected chi connectivity index (χ2v) is 7.77. The highest BCUT2D eigenvalue weighted by molar-refractivity contribution is 5.46. The maximum Gasteiger partial charge on any atom is 0.187 e. The molecule has 0 bridgehead atoms. The highest BCUT2D eigenvalue weighted by atomic mass is 16.7. The second-order valence-electron chi connectivity index (χ2n) is 7.77. The minimum Gasteiger partial charge on any atom is -0.504 e. The Bertz CT molecular complexity index is 1040. The summed E-state index contributed by atoms with van der Waals surface area (Å²) in [6, 6.07) is 7.51. The maximum atomic E-state index is 10.9. The van der Waals surface area contributed by atoms with E-state index in [2.05, 4.69) is 11.8 Å². The van der Waals surface area contributed by atoms with E-state index in [1.807, 2.05) is 0 Å². The molecule has 1 aliphatic heterocycles. The first-order chi connectivity index (χ1) is 16.1. The summed E-state index contributed by atoms with van der Waals surface area (Å²) in [4.78, 5) is 0. The molecule has 11 nitrogen and oxygen atoms in total. The molecule has 1 fully saturated rings. The van der Waals surface area contributed by atoms with Crippen LogP contribution in [0.1, 0.15) is 23.7 Å². The lowest BCUT2D eigenvalue weighted by molar-refractivity contribution is -0.316. The lowest BCUT2D eigenvalue weighted by Gasteiger charge is -2.41. The van der Waals surface area contributed by atoms with Crippen LogP contribution in [-0.2, 0) is 9.47 Å². The van der Waals surface area contributed by atoms with Crippen LogP contribution in [-0.4, -0.2) is 89.4 Å². The normalized spacial score (nSPS) is 26.3. The largest absolute Gasteiger partial charge is 0.504 e. The molecule has 0 amide bonds. The van der Waals surface area contributed by atoms with Crippen molar-refractivity contribution in [1.82, 2.24) is 0 Å². The lowest BCUT2D eigenvalue weighted by Crippen LogP contribution is -2.59. The Balaban J connectivity index is 1.86. The lowest BCUT2D eigenvalue weighted by atomic mass is 9.98. The van der Waals surface area contributed by atoms with Crippen LogP contribution in [0.3, 0.4) is 0 Å². The minimum atomic E-state index is -1.72. The Hall–Kier alpha value is -3.08. The molecule has 9 N–H and O–H groups in total. The summed E-state index contributed by atoms with van der Waals surface area (Å²) in [5, 5.41) is 88.8. The molecule has 0 saturated carbocycles. The van der Waals surface area contributed by atoms with Crippen molar-refractivity contribution in [2.75, 3.05) is 6.61 Å². The van der Waals surface area contributed by atoms with E-state index in [0.717, 1.165) is 12.1 Å². The highest BCUT2D eigenvalue weighted by Gasteiger charge is 2.45. The monoisotopic (exact) mass is 478 g/mol. The van der Waals surface area contributed by atoms with E-state index in [4.69, 9.17) is 9.47 Å². The number of rotatable bonds is 6. The van der Waals surface area contributed by atoms with Gasteiger partial charge in [-0.15, -0.1) is 0 Å². The van der Waals surface area contributed by atoms with Crippen LogP contribution in [0.5, 0.6) is 23.0 Å². The van der Waals surface area contributed by atoms with Crippen molar-refractivity contribution in [1.29, 1.82) is 0 Å². The molecule has 0 spiro atoms. The molecule has 0 radical (unpaired) electrons. The van der Waals surface area contributed by atoms with E-state index in [1.165, 1.54) is 24.3 Å². The van der Waals surface area contributed by atoms with Gasteiger partial charge < -0.3 is 55.4 Å². The molecule has 7 atom stereocenters. The molecule has 0 aliphatic carbocycles. The van der Waals surface area contributed by atoms with E-state index in [1.54, 1.807) is 0 Å². The molecule has 2 aromatic carbocycles. The van der Waals surface area contributed by atoms with Gasteiger partial charge in [0.05, 0.1) is 6.61 Å². The van der Waals surface area contributed by atoms with Crippen LogP contribution in [0, 0.1) is 11.8 Å². The zero-order valence-corrected chi connectivity index (χ0v) is 17.8. The third-order valence-electron chi connectivity index (χ3n) is 5.36. The number of benzene rings is 2. The topological polar surface area (TPSA) is 201 Å². The van der Waals surface area contributed by atoms with Crippen LogP contribution >= 0.6 is 0 Å². The first-order valence-corrected chi connectivity index (χ1v) is 10.3. The standard InChI is InChI=1S/C23H26O11/c24-10-18-20(30)21(31)22(32)23(34-18)33-17(19(29)12-5-7-14(26)16(28)9-12)3-1-2-11-4-6-13(25)15(27)8-11/h4-9,17-32H,3,10H2/t17-,18+,19+,20+,21-,22+,23+/m0/s1. The third-order valence-corrected chi connectivity index (χ3v) is 5.36. The fourth-order valence-electron chi connectivity index (χ4n) is 3.38. The predicted molar refractivity (Wildman–Crippen MR) is 115 cm³/mol. The molecule has 0 aromatic heterocycles. The van der Waals surface area contributed by atoms with Gasteiger partial charge in [-0.3, -0.25) is 0 Å². The zero-order chi connectivity index (χ0) is 25.0. The van der Waals surface area contributed by atoms with Crippen molar-refractivity contribution >= 4 is 0 Å². The van der Waals surface area contributed by atoms with Gasteiger partial charge in [0, 0.05) is 12.0 Å². The first-order valence-electron chi connectivity index (χ1n) is 10.3. The number of aliphatic hydroxyl groups is 5. The first kappa shape index (κ1) is 25.5. The van der Waals surface area contributed by atoms with Crippen molar-refractivity contribution in [3.05, 3.63) is 47.5 Å². The van der Waals surface area contributed by atoms with Gasteiger partial charge in [0.15, 0.2) is 29.3 Å². The molecule has 11 heteroatoms. The van der Waals surface area contributed by atoms with Gasteiger partial charge in [0.1, 0.15) is 36.6 Å². The quantitative estimate of drug-likeness (QED) is 0.185. The molecule has 34 heavy (non-hydrogen) atoms. The number of aliphatic hydroxyl groups excluding tert-OH is 5. The fraction of sp³-hybridized carbons (Fsp3) is 0.391. The van der Waals surface area contributed by atoms with Crippen molar-refractivity contribution in [2.24, 2.45) is 0 Å². The van der Waals surface area contributed by atoms with Crippen LogP contribution in [0.4, 0.5) is 0 Å². The summed E-state index contributed by atoms with van der Waals surface area (Å²) in [5.41, 5.74) is 0.479. The number of phenols is 4.